The third kappa shape index (κ3) is 2.96. The highest BCUT2D eigenvalue weighted by atomic mass is 16.2. The molecule has 0 bridgehead atoms. The maximum Gasteiger partial charge on any atom is 0.225 e. The van der Waals surface area contributed by atoms with Crippen LogP contribution in [0.15, 0.2) is 0 Å². The van der Waals surface area contributed by atoms with Crippen molar-refractivity contribution in [2.45, 2.75) is 57.4 Å². The van der Waals surface area contributed by atoms with Gasteiger partial charge in [0.1, 0.15) is 0 Å². The molecule has 0 spiro atoms. The monoisotopic (exact) mass is 264 g/mol. The molecule has 0 radical (unpaired) electrons. The highest BCUT2D eigenvalue weighted by Crippen LogP contribution is 2.50. The number of nitrogens with zero attached hydrogens (tertiary/aromatic N) is 1. The highest BCUT2D eigenvalue weighted by Gasteiger charge is 2.48. The van der Waals surface area contributed by atoms with Crippen molar-refractivity contribution in [3.8, 4) is 0 Å². The van der Waals surface area contributed by atoms with Crippen LogP contribution in [-0.2, 0) is 4.79 Å². The fraction of sp³-hybridized carbons (Fsp3) is 0.938. The summed E-state index contributed by atoms with van der Waals surface area (Å²) < 4.78 is 0. The summed E-state index contributed by atoms with van der Waals surface area (Å²) in [5.41, 5.74) is 0. The van der Waals surface area contributed by atoms with E-state index in [2.05, 4.69) is 10.2 Å². The van der Waals surface area contributed by atoms with Crippen molar-refractivity contribution in [2.75, 3.05) is 20.1 Å². The summed E-state index contributed by atoms with van der Waals surface area (Å²) >= 11 is 0. The fourth-order valence-electron chi connectivity index (χ4n) is 4.20. The third-order valence-corrected chi connectivity index (χ3v) is 5.63. The SMILES string of the molecule is CNC1CCN(C(=O)C2CC2C2CCCCC2)CC1. The number of carbonyl (C=O) groups excluding carboxylic acids is 1. The van der Waals surface area contributed by atoms with Gasteiger partial charge >= 0.3 is 0 Å². The molecule has 3 fully saturated rings. The second-order valence-electron chi connectivity index (χ2n) is 6.79. The highest BCUT2D eigenvalue weighted by molar-refractivity contribution is 5.81. The van der Waals surface area contributed by atoms with E-state index in [1.807, 2.05) is 7.05 Å². The first-order valence-electron chi connectivity index (χ1n) is 8.25. The lowest BCUT2D eigenvalue weighted by atomic mass is 9.85. The summed E-state index contributed by atoms with van der Waals surface area (Å²) in [5.74, 6) is 2.49. The Morgan fingerprint density at radius 3 is 2.37 bits per heavy atom. The van der Waals surface area contributed by atoms with Crippen LogP contribution in [0.3, 0.4) is 0 Å². The first-order valence-corrected chi connectivity index (χ1v) is 8.25. The molecule has 0 aromatic rings. The van der Waals surface area contributed by atoms with Gasteiger partial charge in [0.2, 0.25) is 5.91 Å². The molecule has 2 saturated carbocycles. The summed E-state index contributed by atoms with van der Waals surface area (Å²) in [5, 5.41) is 3.33. The summed E-state index contributed by atoms with van der Waals surface area (Å²) in [6, 6.07) is 0.623. The Bertz CT molecular complexity index is 317. The zero-order valence-corrected chi connectivity index (χ0v) is 12.2. The van der Waals surface area contributed by atoms with Crippen molar-refractivity contribution in [3.05, 3.63) is 0 Å². The van der Waals surface area contributed by atoms with Crippen molar-refractivity contribution in [1.29, 1.82) is 0 Å². The third-order valence-electron chi connectivity index (χ3n) is 5.63. The molecule has 19 heavy (non-hydrogen) atoms. The van der Waals surface area contributed by atoms with E-state index in [-0.39, 0.29) is 0 Å². The van der Waals surface area contributed by atoms with Gasteiger partial charge in [-0.15, -0.1) is 0 Å². The van der Waals surface area contributed by atoms with Crippen LogP contribution in [0.5, 0.6) is 0 Å². The van der Waals surface area contributed by atoms with Gasteiger partial charge in [0, 0.05) is 25.0 Å². The lowest BCUT2D eigenvalue weighted by molar-refractivity contribution is -0.134. The fourth-order valence-corrected chi connectivity index (χ4v) is 4.20. The molecule has 2 unspecified atom stereocenters. The molecule has 2 aliphatic carbocycles. The maximum absolute atomic E-state index is 12.5. The van der Waals surface area contributed by atoms with Crippen LogP contribution < -0.4 is 5.32 Å². The summed E-state index contributed by atoms with van der Waals surface area (Å²) in [6.45, 7) is 1.94. The van der Waals surface area contributed by atoms with E-state index < -0.39 is 0 Å². The Balaban J connectivity index is 1.47. The first kappa shape index (κ1) is 13.4. The number of carbonyl (C=O) groups is 1. The van der Waals surface area contributed by atoms with Gasteiger partial charge in [-0.25, -0.2) is 0 Å². The predicted octanol–water partition coefficient (Wildman–Crippen LogP) is 2.41. The molecule has 3 aliphatic rings. The Labute approximate surface area is 117 Å². The van der Waals surface area contributed by atoms with Crippen molar-refractivity contribution >= 4 is 5.91 Å². The number of hydrogen-bond acceptors (Lipinski definition) is 2. The minimum Gasteiger partial charge on any atom is -0.342 e. The lowest BCUT2D eigenvalue weighted by Gasteiger charge is -2.32. The van der Waals surface area contributed by atoms with E-state index in [0.717, 1.165) is 37.8 Å². The predicted molar refractivity (Wildman–Crippen MR) is 76.8 cm³/mol. The largest absolute Gasteiger partial charge is 0.342 e. The molecule has 3 heteroatoms. The van der Waals surface area contributed by atoms with E-state index in [9.17, 15) is 4.79 Å². The molecule has 3 nitrogen and oxygen atoms in total. The quantitative estimate of drug-likeness (QED) is 0.849. The molecule has 1 saturated heterocycles. The van der Waals surface area contributed by atoms with Crippen molar-refractivity contribution < 1.29 is 4.79 Å². The molecule has 108 valence electrons. The van der Waals surface area contributed by atoms with Crippen LogP contribution in [0.2, 0.25) is 0 Å². The van der Waals surface area contributed by atoms with Crippen LogP contribution in [0, 0.1) is 17.8 Å². The zero-order chi connectivity index (χ0) is 13.2. The Morgan fingerprint density at radius 1 is 1.05 bits per heavy atom. The van der Waals surface area contributed by atoms with E-state index >= 15 is 0 Å². The molecule has 1 aliphatic heterocycles. The number of amides is 1. The molecule has 3 rings (SSSR count). The Hall–Kier alpha value is -0.570. The van der Waals surface area contributed by atoms with Gasteiger partial charge in [-0.05, 0) is 38.1 Å². The Morgan fingerprint density at radius 2 is 1.74 bits per heavy atom. The van der Waals surface area contributed by atoms with Crippen molar-refractivity contribution in [3.63, 3.8) is 0 Å². The van der Waals surface area contributed by atoms with Crippen molar-refractivity contribution in [1.82, 2.24) is 10.2 Å². The van der Waals surface area contributed by atoms with Gasteiger partial charge in [-0.1, -0.05) is 32.1 Å². The standard InChI is InChI=1S/C16H28N2O/c1-17-13-7-9-18(10-8-13)16(19)15-11-14(15)12-5-3-2-4-6-12/h12-15,17H,2-11H2,1H3. The molecule has 0 aromatic heterocycles. The molecule has 0 aromatic carbocycles. The maximum atomic E-state index is 12.5. The molecular formula is C16H28N2O. The van der Waals surface area contributed by atoms with Crippen LogP contribution in [0.25, 0.3) is 0 Å². The molecule has 2 atom stereocenters. The summed E-state index contributed by atoms with van der Waals surface area (Å²) in [4.78, 5) is 14.7. The smallest absolute Gasteiger partial charge is 0.225 e. The minimum atomic E-state index is 0.397. The second kappa shape index (κ2) is 5.82. The normalized spacial score (nSPS) is 33.4. The van der Waals surface area contributed by atoms with Gasteiger partial charge in [0.05, 0.1) is 0 Å². The second-order valence-corrected chi connectivity index (χ2v) is 6.79. The molecule has 1 heterocycles. The van der Waals surface area contributed by atoms with Crippen LogP contribution >= 0.6 is 0 Å². The average Bonchev–Trinajstić information content (AvgIpc) is 3.28. The van der Waals surface area contributed by atoms with Gasteiger partial charge in [-0.3, -0.25) is 4.79 Å². The van der Waals surface area contributed by atoms with Crippen molar-refractivity contribution in [2.24, 2.45) is 17.8 Å². The zero-order valence-electron chi connectivity index (χ0n) is 12.2. The van der Waals surface area contributed by atoms with E-state index in [0.29, 0.717) is 17.9 Å². The number of rotatable bonds is 3. The van der Waals surface area contributed by atoms with Gasteiger partial charge in [0.25, 0.3) is 0 Å². The van der Waals surface area contributed by atoms with Gasteiger partial charge in [0.15, 0.2) is 0 Å². The van der Waals surface area contributed by atoms with Gasteiger partial charge in [-0.2, -0.15) is 0 Å². The molecule has 1 amide bonds. The number of hydrogen-bond donors (Lipinski definition) is 1. The van der Waals surface area contributed by atoms with Crippen LogP contribution in [0.4, 0.5) is 0 Å². The number of nitrogens with one attached hydrogen (secondary N) is 1. The van der Waals surface area contributed by atoms with E-state index in [4.69, 9.17) is 0 Å². The van der Waals surface area contributed by atoms with Gasteiger partial charge < -0.3 is 10.2 Å². The summed E-state index contributed by atoms with van der Waals surface area (Å²) in [7, 11) is 2.03. The first-order chi connectivity index (χ1) is 9.29. The van der Waals surface area contributed by atoms with E-state index in [1.54, 1.807) is 0 Å². The topological polar surface area (TPSA) is 32.3 Å². The molecular weight excluding hydrogens is 236 g/mol. The molecule has 1 N–H and O–H groups in total. The van der Waals surface area contributed by atoms with Crippen LogP contribution in [0.1, 0.15) is 51.4 Å². The van der Waals surface area contributed by atoms with E-state index in [1.165, 1.54) is 38.5 Å². The summed E-state index contributed by atoms with van der Waals surface area (Å²) in [6.07, 6.45) is 10.4. The minimum absolute atomic E-state index is 0.397. The number of likely N-dealkylation sites (tertiary alicyclic amines) is 1. The average molecular weight is 264 g/mol. The van der Waals surface area contributed by atoms with Crippen LogP contribution in [-0.4, -0.2) is 37.0 Å². The number of piperidine rings is 1. The Kier molecular flexibility index (Phi) is 4.11. The lowest BCUT2D eigenvalue weighted by Crippen LogP contribution is -2.44.